The van der Waals surface area contributed by atoms with E-state index in [0.29, 0.717) is 35.7 Å². The molecule has 0 aromatic heterocycles. The molecule has 1 saturated heterocycles. The molecule has 0 radical (unpaired) electrons. The maximum absolute atomic E-state index is 11.0. The van der Waals surface area contributed by atoms with E-state index < -0.39 is 5.97 Å². The summed E-state index contributed by atoms with van der Waals surface area (Å²) in [7, 11) is 0. The normalized spacial score (nSPS) is 17.6. The van der Waals surface area contributed by atoms with Crippen LogP contribution in [0.4, 0.5) is 0 Å². The fraction of sp³-hybridized carbons (Fsp3) is 0.381. The van der Waals surface area contributed by atoms with Gasteiger partial charge in [0.1, 0.15) is 12.4 Å². The summed E-state index contributed by atoms with van der Waals surface area (Å²) in [5.41, 5.74) is 3.59. The van der Waals surface area contributed by atoms with Crippen LogP contribution in [0.25, 0.3) is 0 Å². The summed E-state index contributed by atoms with van der Waals surface area (Å²) in [6, 6.07) is 11.8. The molecule has 1 aliphatic heterocycles. The highest BCUT2D eigenvalue weighted by Gasteiger charge is 2.34. The predicted octanol–water partition coefficient (Wildman–Crippen LogP) is 4.97. The minimum atomic E-state index is -0.695. The Labute approximate surface area is 168 Å². The maximum Gasteiger partial charge on any atom is 0.309 e. The van der Waals surface area contributed by atoms with Gasteiger partial charge in [0.25, 0.3) is 0 Å². The zero-order chi connectivity index (χ0) is 19.0. The Morgan fingerprint density at radius 3 is 2.56 bits per heavy atom. The molecular formula is C21H21Cl2NO3. The number of hydrogen-bond donors (Lipinski definition) is 1. The lowest BCUT2D eigenvalue weighted by atomic mass is 9.97. The van der Waals surface area contributed by atoms with Crippen LogP contribution < -0.4 is 4.74 Å². The van der Waals surface area contributed by atoms with Crippen LogP contribution in [0, 0.1) is 5.92 Å². The Balaban J connectivity index is 1.41. The molecule has 2 aromatic rings. The van der Waals surface area contributed by atoms with Crippen molar-refractivity contribution < 1.29 is 14.6 Å². The van der Waals surface area contributed by atoms with E-state index in [2.05, 4.69) is 17.0 Å². The van der Waals surface area contributed by atoms with Crippen molar-refractivity contribution in [2.24, 2.45) is 5.92 Å². The number of halogens is 2. The van der Waals surface area contributed by atoms with Crippen molar-refractivity contribution in [1.29, 1.82) is 0 Å². The number of ether oxygens (including phenoxy) is 1. The minimum Gasteiger partial charge on any atom is -0.489 e. The van der Waals surface area contributed by atoms with E-state index in [1.54, 1.807) is 6.07 Å². The standard InChI is InChI=1S/C21H21Cl2NO3/c22-19-6-1-13(7-20(19)23)12-27-17-5-4-15(18(8-17)14-2-3-14)9-24-10-16(11-24)21(25)26/h1,4-8,14,16H,2-3,9-12H2,(H,25,26). The van der Waals surface area contributed by atoms with Gasteiger partial charge in [0.05, 0.1) is 16.0 Å². The van der Waals surface area contributed by atoms with E-state index in [9.17, 15) is 4.79 Å². The Morgan fingerprint density at radius 1 is 1.11 bits per heavy atom. The van der Waals surface area contributed by atoms with E-state index in [1.807, 2.05) is 18.2 Å². The third kappa shape index (κ3) is 4.40. The average Bonchev–Trinajstić information content (AvgIpc) is 3.44. The first kappa shape index (κ1) is 18.6. The highest BCUT2D eigenvalue weighted by Crippen LogP contribution is 2.43. The van der Waals surface area contributed by atoms with Gasteiger partial charge in [-0.1, -0.05) is 35.3 Å². The summed E-state index contributed by atoms with van der Waals surface area (Å²) >= 11 is 12.0. The highest BCUT2D eigenvalue weighted by atomic mass is 35.5. The van der Waals surface area contributed by atoms with Gasteiger partial charge < -0.3 is 9.84 Å². The highest BCUT2D eigenvalue weighted by molar-refractivity contribution is 6.42. The first-order valence-corrected chi connectivity index (χ1v) is 9.90. The van der Waals surface area contributed by atoms with Crippen LogP contribution in [0.5, 0.6) is 5.75 Å². The topological polar surface area (TPSA) is 49.8 Å². The molecule has 0 spiro atoms. The number of aliphatic carboxylic acids is 1. The Kier molecular flexibility index (Phi) is 5.31. The van der Waals surface area contributed by atoms with Gasteiger partial charge in [-0.2, -0.15) is 0 Å². The number of carboxylic acid groups (broad SMARTS) is 1. The predicted molar refractivity (Wildman–Crippen MR) is 106 cm³/mol. The van der Waals surface area contributed by atoms with Crippen LogP contribution in [-0.2, 0) is 17.9 Å². The molecule has 0 atom stereocenters. The zero-order valence-electron chi connectivity index (χ0n) is 14.8. The maximum atomic E-state index is 11.0. The van der Waals surface area contributed by atoms with Crippen molar-refractivity contribution in [1.82, 2.24) is 4.90 Å². The van der Waals surface area contributed by atoms with Gasteiger partial charge >= 0.3 is 5.97 Å². The van der Waals surface area contributed by atoms with E-state index in [0.717, 1.165) is 17.9 Å². The number of hydrogen-bond acceptors (Lipinski definition) is 3. The molecule has 1 aliphatic carbocycles. The quantitative estimate of drug-likeness (QED) is 0.706. The van der Waals surface area contributed by atoms with E-state index in [4.69, 9.17) is 33.0 Å². The number of benzene rings is 2. The molecule has 1 heterocycles. The largest absolute Gasteiger partial charge is 0.489 e. The van der Waals surface area contributed by atoms with Gasteiger partial charge in [0.2, 0.25) is 0 Å². The van der Waals surface area contributed by atoms with Gasteiger partial charge in [-0.25, -0.2) is 0 Å². The zero-order valence-corrected chi connectivity index (χ0v) is 16.3. The third-order valence-corrected chi connectivity index (χ3v) is 5.96. The summed E-state index contributed by atoms with van der Waals surface area (Å²) < 4.78 is 5.96. The van der Waals surface area contributed by atoms with Crippen molar-refractivity contribution in [2.45, 2.75) is 31.9 Å². The number of likely N-dealkylation sites (tertiary alicyclic amines) is 1. The van der Waals surface area contributed by atoms with Gasteiger partial charge in [-0.05, 0) is 59.7 Å². The molecule has 2 aromatic carbocycles. The SMILES string of the molecule is O=C(O)C1CN(Cc2ccc(OCc3ccc(Cl)c(Cl)c3)cc2C2CC2)C1. The number of carboxylic acids is 1. The second-order valence-electron chi connectivity index (χ2n) is 7.40. The molecule has 2 fully saturated rings. The fourth-order valence-electron chi connectivity index (χ4n) is 3.47. The molecule has 142 valence electrons. The average molecular weight is 406 g/mol. The van der Waals surface area contributed by atoms with Crippen molar-refractivity contribution in [3.05, 3.63) is 63.1 Å². The third-order valence-electron chi connectivity index (χ3n) is 5.22. The summed E-state index contributed by atoms with van der Waals surface area (Å²) in [6.45, 7) is 2.51. The Hall–Kier alpha value is -1.75. The first-order chi connectivity index (χ1) is 13.0. The molecule has 0 bridgehead atoms. The monoisotopic (exact) mass is 405 g/mol. The van der Waals surface area contributed by atoms with Crippen LogP contribution in [0.3, 0.4) is 0 Å². The molecular weight excluding hydrogens is 385 g/mol. The second kappa shape index (κ2) is 7.70. The molecule has 4 nitrogen and oxygen atoms in total. The Bertz CT molecular complexity index is 861. The van der Waals surface area contributed by atoms with Crippen LogP contribution in [0.1, 0.15) is 35.4 Å². The molecule has 1 saturated carbocycles. The second-order valence-corrected chi connectivity index (χ2v) is 8.22. The van der Waals surface area contributed by atoms with E-state index in [-0.39, 0.29) is 5.92 Å². The summed E-state index contributed by atoms with van der Waals surface area (Å²) in [4.78, 5) is 13.2. The van der Waals surface area contributed by atoms with Gasteiger partial charge in [-0.3, -0.25) is 9.69 Å². The van der Waals surface area contributed by atoms with Crippen molar-refractivity contribution in [2.75, 3.05) is 13.1 Å². The number of nitrogens with zero attached hydrogens (tertiary/aromatic N) is 1. The molecule has 6 heteroatoms. The first-order valence-electron chi connectivity index (χ1n) is 9.14. The van der Waals surface area contributed by atoms with Gasteiger partial charge in [0.15, 0.2) is 0 Å². The van der Waals surface area contributed by atoms with Gasteiger partial charge in [0, 0.05) is 19.6 Å². The van der Waals surface area contributed by atoms with Gasteiger partial charge in [-0.15, -0.1) is 0 Å². The molecule has 0 amide bonds. The van der Waals surface area contributed by atoms with Crippen LogP contribution in [-0.4, -0.2) is 29.1 Å². The summed E-state index contributed by atoms with van der Waals surface area (Å²) in [6.07, 6.45) is 2.42. The van der Waals surface area contributed by atoms with Crippen LogP contribution >= 0.6 is 23.2 Å². The molecule has 0 unspecified atom stereocenters. The van der Waals surface area contributed by atoms with E-state index >= 15 is 0 Å². The lowest BCUT2D eigenvalue weighted by Crippen LogP contribution is -2.49. The lowest BCUT2D eigenvalue weighted by molar-refractivity contribution is -0.147. The number of carbonyl (C=O) groups is 1. The van der Waals surface area contributed by atoms with Crippen molar-refractivity contribution in [3.63, 3.8) is 0 Å². The van der Waals surface area contributed by atoms with Crippen LogP contribution in [0.2, 0.25) is 10.0 Å². The molecule has 2 aliphatic rings. The minimum absolute atomic E-state index is 0.219. The van der Waals surface area contributed by atoms with Crippen molar-refractivity contribution >= 4 is 29.2 Å². The fourth-order valence-corrected chi connectivity index (χ4v) is 3.79. The van der Waals surface area contributed by atoms with Crippen LogP contribution in [0.15, 0.2) is 36.4 Å². The summed E-state index contributed by atoms with van der Waals surface area (Å²) in [5, 5.41) is 10.1. The lowest BCUT2D eigenvalue weighted by Gasteiger charge is -2.37. The smallest absolute Gasteiger partial charge is 0.309 e. The number of rotatable bonds is 7. The summed E-state index contributed by atoms with van der Waals surface area (Å²) in [5.74, 6) is 0.534. The van der Waals surface area contributed by atoms with E-state index in [1.165, 1.54) is 24.0 Å². The van der Waals surface area contributed by atoms with Crippen molar-refractivity contribution in [3.8, 4) is 5.75 Å². The molecule has 4 rings (SSSR count). The Morgan fingerprint density at radius 2 is 1.89 bits per heavy atom. The molecule has 1 N–H and O–H groups in total. The molecule has 27 heavy (non-hydrogen) atoms.